The monoisotopic (exact) mass is 279 g/mol. The summed E-state index contributed by atoms with van der Waals surface area (Å²) < 4.78 is 6.07. The Hall–Kier alpha value is -0.380. The fourth-order valence-corrected chi connectivity index (χ4v) is 4.34. The van der Waals surface area contributed by atoms with Crippen LogP contribution in [-0.4, -0.2) is 24.8 Å². The fourth-order valence-electron chi connectivity index (χ4n) is 3.66. The van der Waals surface area contributed by atoms with E-state index in [0.29, 0.717) is 6.04 Å². The number of likely N-dealkylation sites (N-methyl/N-ethyl adjacent to an activating group) is 1. The highest BCUT2D eigenvalue weighted by atomic mass is 32.1. The number of hydrogen-bond donors (Lipinski definition) is 1. The van der Waals surface area contributed by atoms with E-state index in [-0.39, 0.29) is 5.60 Å². The summed E-state index contributed by atoms with van der Waals surface area (Å²) in [6.07, 6.45) is 7.63. The van der Waals surface area contributed by atoms with Crippen LogP contribution in [0.2, 0.25) is 0 Å². The molecule has 1 spiro atoms. The molecule has 0 radical (unpaired) electrons. The van der Waals surface area contributed by atoms with Crippen molar-refractivity contribution >= 4 is 11.3 Å². The number of nitrogens with one attached hydrogen (secondary N) is 1. The third kappa shape index (κ3) is 3.04. The molecule has 0 aromatic carbocycles. The van der Waals surface area contributed by atoms with E-state index in [1.807, 2.05) is 11.3 Å². The summed E-state index contributed by atoms with van der Waals surface area (Å²) in [5, 5.41) is 8.21. The van der Waals surface area contributed by atoms with Gasteiger partial charge in [0.1, 0.15) is 0 Å². The summed E-state index contributed by atoms with van der Waals surface area (Å²) in [4.78, 5) is 0. The molecule has 2 atom stereocenters. The Morgan fingerprint density at radius 1 is 1.53 bits per heavy atom. The minimum Gasteiger partial charge on any atom is -0.375 e. The number of ether oxygens (including phenoxy) is 1. The van der Waals surface area contributed by atoms with Crippen LogP contribution in [0.15, 0.2) is 16.8 Å². The molecule has 2 aliphatic rings. The summed E-state index contributed by atoms with van der Waals surface area (Å²) in [6.45, 7) is 4.26. The minimum atomic E-state index is 0.269. The molecule has 1 aromatic rings. The van der Waals surface area contributed by atoms with Gasteiger partial charge < -0.3 is 10.1 Å². The van der Waals surface area contributed by atoms with Crippen LogP contribution in [0, 0.1) is 5.92 Å². The largest absolute Gasteiger partial charge is 0.375 e. The van der Waals surface area contributed by atoms with Crippen molar-refractivity contribution in [1.29, 1.82) is 0 Å². The van der Waals surface area contributed by atoms with E-state index >= 15 is 0 Å². The summed E-state index contributed by atoms with van der Waals surface area (Å²) in [5.74, 6) is 0.786. The Balaban J connectivity index is 1.65. The lowest BCUT2D eigenvalue weighted by Gasteiger charge is -2.49. The van der Waals surface area contributed by atoms with E-state index in [1.165, 1.54) is 44.1 Å². The van der Waals surface area contributed by atoms with Crippen molar-refractivity contribution in [3.05, 3.63) is 22.4 Å². The predicted molar refractivity (Wildman–Crippen MR) is 80.7 cm³/mol. The highest BCUT2D eigenvalue weighted by molar-refractivity contribution is 7.07. The smallest absolute Gasteiger partial charge is 0.0685 e. The first-order valence-electron chi connectivity index (χ1n) is 7.70. The van der Waals surface area contributed by atoms with Gasteiger partial charge in [-0.15, -0.1) is 0 Å². The average molecular weight is 279 g/mol. The minimum absolute atomic E-state index is 0.269. The molecule has 2 nitrogen and oxygen atoms in total. The van der Waals surface area contributed by atoms with E-state index < -0.39 is 0 Å². The lowest BCUT2D eigenvalue weighted by atomic mass is 9.70. The highest BCUT2D eigenvalue weighted by Crippen LogP contribution is 2.45. The van der Waals surface area contributed by atoms with Crippen LogP contribution in [0.25, 0.3) is 0 Å². The Kier molecular flexibility index (Phi) is 4.25. The van der Waals surface area contributed by atoms with Crippen LogP contribution in [0.4, 0.5) is 0 Å². The average Bonchev–Trinajstić information content (AvgIpc) is 2.90. The maximum Gasteiger partial charge on any atom is 0.0685 e. The van der Waals surface area contributed by atoms with Gasteiger partial charge in [-0.05, 0) is 73.4 Å². The molecular weight excluding hydrogens is 254 g/mol. The molecule has 1 N–H and O–H groups in total. The molecular formula is C16H25NOS. The van der Waals surface area contributed by atoms with E-state index in [9.17, 15) is 0 Å². The van der Waals surface area contributed by atoms with Crippen LogP contribution in [0.5, 0.6) is 0 Å². The van der Waals surface area contributed by atoms with E-state index in [2.05, 4.69) is 29.1 Å². The topological polar surface area (TPSA) is 21.3 Å². The Morgan fingerprint density at radius 2 is 2.42 bits per heavy atom. The van der Waals surface area contributed by atoms with Crippen LogP contribution in [-0.2, 0) is 11.2 Å². The van der Waals surface area contributed by atoms with Gasteiger partial charge in [-0.25, -0.2) is 0 Å². The maximum atomic E-state index is 6.07. The molecule has 19 heavy (non-hydrogen) atoms. The third-order valence-corrected chi connectivity index (χ3v) is 5.60. The number of thiophene rings is 1. The van der Waals surface area contributed by atoms with Crippen molar-refractivity contribution in [1.82, 2.24) is 5.32 Å². The normalized spacial score (nSPS) is 27.1. The van der Waals surface area contributed by atoms with Crippen LogP contribution in [0.1, 0.15) is 44.6 Å². The van der Waals surface area contributed by atoms with Gasteiger partial charge in [-0.3, -0.25) is 0 Å². The lowest BCUT2D eigenvalue weighted by molar-refractivity contribution is -0.147. The molecule has 0 bridgehead atoms. The van der Waals surface area contributed by atoms with Crippen molar-refractivity contribution in [2.45, 2.75) is 57.1 Å². The lowest BCUT2D eigenvalue weighted by Crippen LogP contribution is -2.50. The molecule has 0 amide bonds. The van der Waals surface area contributed by atoms with E-state index in [1.54, 1.807) is 0 Å². The molecule has 1 saturated heterocycles. The summed E-state index contributed by atoms with van der Waals surface area (Å²) in [7, 11) is 0. The second kappa shape index (κ2) is 5.94. The quantitative estimate of drug-likeness (QED) is 0.889. The van der Waals surface area contributed by atoms with Crippen molar-refractivity contribution in [3.63, 3.8) is 0 Å². The van der Waals surface area contributed by atoms with E-state index in [4.69, 9.17) is 4.74 Å². The predicted octanol–water partition coefficient (Wildman–Crippen LogP) is 3.62. The molecule has 2 heterocycles. The zero-order valence-electron chi connectivity index (χ0n) is 11.9. The first-order chi connectivity index (χ1) is 9.31. The van der Waals surface area contributed by atoms with Gasteiger partial charge in [0, 0.05) is 12.6 Å². The van der Waals surface area contributed by atoms with Gasteiger partial charge in [0.25, 0.3) is 0 Å². The summed E-state index contributed by atoms with van der Waals surface area (Å²) in [6, 6.07) is 2.90. The standard InChI is InChI=1S/C16H25NOS/c1-2-17-15(10-13-5-9-19-12-13)14-4-8-18-16(11-14)6-3-7-16/h5,9,12,14-15,17H,2-4,6-8,10-11H2,1H3. The molecule has 1 aliphatic carbocycles. The Morgan fingerprint density at radius 3 is 3.05 bits per heavy atom. The van der Waals surface area contributed by atoms with Crippen molar-refractivity contribution in [2.24, 2.45) is 5.92 Å². The van der Waals surface area contributed by atoms with Crippen molar-refractivity contribution in [2.75, 3.05) is 13.2 Å². The SMILES string of the molecule is CCNC(Cc1ccsc1)C1CCOC2(CCC2)C1. The molecule has 3 rings (SSSR count). The zero-order chi connectivity index (χ0) is 13.1. The zero-order valence-corrected chi connectivity index (χ0v) is 12.7. The van der Waals surface area contributed by atoms with Gasteiger partial charge in [0.05, 0.1) is 5.60 Å². The van der Waals surface area contributed by atoms with Gasteiger partial charge >= 0.3 is 0 Å². The van der Waals surface area contributed by atoms with Crippen LogP contribution >= 0.6 is 11.3 Å². The van der Waals surface area contributed by atoms with Crippen LogP contribution in [0.3, 0.4) is 0 Å². The number of rotatable bonds is 5. The molecule has 2 fully saturated rings. The first-order valence-corrected chi connectivity index (χ1v) is 8.64. The molecule has 1 aliphatic heterocycles. The molecule has 106 valence electrons. The van der Waals surface area contributed by atoms with Crippen molar-refractivity contribution < 1.29 is 4.74 Å². The Bertz CT molecular complexity index is 385. The molecule has 3 heteroatoms. The highest BCUT2D eigenvalue weighted by Gasteiger charge is 2.44. The second-order valence-electron chi connectivity index (χ2n) is 6.14. The molecule has 1 aromatic heterocycles. The maximum absolute atomic E-state index is 6.07. The number of hydrogen-bond acceptors (Lipinski definition) is 3. The van der Waals surface area contributed by atoms with Gasteiger partial charge in [0.15, 0.2) is 0 Å². The summed E-state index contributed by atoms with van der Waals surface area (Å²) >= 11 is 1.81. The van der Waals surface area contributed by atoms with Crippen LogP contribution < -0.4 is 5.32 Å². The first kappa shape index (κ1) is 13.6. The molecule has 1 saturated carbocycles. The van der Waals surface area contributed by atoms with Gasteiger partial charge in [-0.2, -0.15) is 11.3 Å². The Labute approximate surface area is 120 Å². The molecule has 2 unspecified atom stereocenters. The third-order valence-electron chi connectivity index (χ3n) is 4.87. The summed E-state index contributed by atoms with van der Waals surface area (Å²) in [5.41, 5.74) is 1.76. The fraction of sp³-hybridized carbons (Fsp3) is 0.750. The van der Waals surface area contributed by atoms with E-state index in [0.717, 1.165) is 19.1 Å². The van der Waals surface area contributed by atoms with Gasteiger partial charge in [-0.1, -0.05) is 6.92 Å². The van der Waals surface area contributed by atoms with Gasteiger partial charge in [0.2, 0.25) is 0 Å². The van der Waals surface area contributed by atoms with Crippen molar-refractivity contribution in [3.8, 4) is 0 Å². The second-order valence-corrected chi connectivity index (χ2v) is 6.92.